The van der Waals surface area contributed by atoms with Gasteiger partial charge in [-0.2, -0.15) is 0 Å². The van der Waals surface area contributed by atoms with Crippen LogP contribution >= 0.6 is 11.6 Å². The molecule has 2 aliphatic rings. The molecule has 0 saturated carbocycles. The molecule has 2 aromatic rings. The second-order valence-corrected chi connectivity index (χ2v) is 7.66. The second kappa shape index (κ2) is 8.24. The van der Waals surface area contributed by atoms with Crippen molar-refractivity contribution >= 4 is 40.9 Å². The summed E-state index contributed by atoms with van der Waals surface area (Å²) in [6.07, 6.45) is 5.00. The summed E-state index contributed by atoms with van der Waals surface area (Å²) in [5.74, 6) is -2.06. The van der Waals surface area contributed by atoms with E-state index in [1.165, 1.54) is 29.2 Å². The van der Waals surface area contributed by atoms with Crippen LogP contribution in [0.4, 0.5) is 5.69 Å². The number of nitrogens with zero attached hydrogens (tertiary/aromatic N) is 1. The highest BCUT2D eigenvalue weighted by Gasteiger charge is 2.47. The summed E-state index contributed by atoms with van der Waals surface area (Å²) < 4.78 is 5.08. The second-order valence-electron chi connectivity index (χ2n) is 7.22. The molecule has 1 heterocycles. The number of esters is 1. The Morgan fingerprint density at radius 3 is 1.97 bits per heavy atom. The predicted octanol–water partition coefficient (Wildman–Crippen LogP) is 3.84. The number of allylic oxidation sites excluding steroid dienone is 2. The van der Waals surface area contributed by atoms with E-state index in [4.69, 9.17) is 16.3 Å². The van der Waals surface area contributed by atoms with Crippen molar-refractivity contribution in [2.45, 2.75) is 12.8 Å². The van der Waals surface area contributed by atoms with E-state index >= 15 is 0 Å². The first-order valence-electron chi connectivity index (χ1n) is 9.54. The molecule has 2 amide bonds. The van der Waals surface area contributed by atoms with Gasteiger partial charge in [0.1, 0.15) is 0 Å². The molecule has 2 atom stereocenters. The number of hydrogen-bond acceptors (Lipinski definition) is 5. The summed E-state index contributed by atoms with van der Waals surface area (Å²) in [5.41, 5.74) is 1.04. The molecule has 6 nitrogen and oxygen atoms in total. The zero-order chi connectivity index (χ0) is 21.3. The van der Waals surface area contributed by atoms with E-state index in [9.17, 15) is 19.2 Å². The van der Waals surface area contributed by atoms with Crippen LogP contribution in [0.15, 0.2) is 60.7 Å². The number of hydrogen-bond donors (Lipinski definition) is 0. The predicted molar refractivity (Wildman–Crippen MR) is 110 cm³/mol. The van der Waals surface area contributed by atoms with Gasteiger partial charge in [0, 0.05) is 10.6 Å². The molecular weight excluding hydrogens is 406 g/mol. The normalized spacial score (nSPS) is 20.2. The van der Waals surface area contributed by atoms with Gasteiger partial charge < -0.3 is 4.74 Å². The number of imide groups is 1. The van der Waals surface area contributed by atoms with Gasteiger partial charge in [-0.05, 0) is 61.4 Å². The number of amides is 2. The number of carbonyl (C=O) groups excluding carboxylic acids is 4. The van der Waals surface area contributed by atoms with E-state index in [-0.39, 0.29) is 35.0 Å². The third-order valence-corrected chi connectivity index (χ3v) is 5.62. The molecule has 0 aromatic heterocycles. The molecule has 2 unspecified atom stereocenters. The van der Waals surface area contributed by atoms with Crippen LogP contribution < -0.4 is 4.90 Å². The number of ether oxygens (including phenoxy) is 1. The van der Waals surface area contributed by atoms with Crippen LogP contribution in [0, 0.1) is 11.8 Å². The van der Waals surface area contributed by atoms with E-state index in [2.05, 4.69) is 0 Å². The average molecular weight is 424 g/mol. The number of halogens is 1. The average Bonchev–Trinajstić information content (AvgIpc) is 3.03. The number of carbonyl (C=O) groups is 4. The standard InChI is InChI=1S/C23H18ClNO5/c24-16-9-5-14(6-10-16)20(26)13-30-23(29)15-7-11-17(12-8-15)25-21(27)18-3-1-2-4-19(18)22(25)28/h1-2,5-12,18-19H,3-4,13H2. The van der Waals surface area contributed by atoms with E-state index < -0.39 is 12.6 Å². The largest absolute Gasteiger partial charge is 0.454 e. The molecule has 7 heteroatoms. The molecule has 0 N–H and O–H groups in total. The van der Waals surface area contributed by atoms with Gasteiger partial charge in [-0.1, -0.05) is 23.8 Å². The highest BCUT2D eigenvalue weighted by atomic mass is 35.5. The maximum atomic E-state index is 12.6. The molecule has 1 saturated heterocycles. The SMILES string of the molecule is O=C(COC(=O)c1ccc(N2C(=O)C3CC=CCC3C2=O)cc1)c1ccc(Cl)cc1. The van der Waals surface area contributed by atoms with Crippen molar-refractivity contribution < 1.29 is 23.9 Å². The minimum atomic E-state index is -0.666. The Hall–Kier alpha value is -3.25. The Bertz CT molecular complexity index is 1020. The molecule has 4 rings (SSSR count). The van der Waals surface area contributed by atoms with Crippen LogP contribution in [-0.2, 0) is 14.3 Å². The Morgan fingerprint density at radius 1 is 0.867 bits per heavy atom. The van der Waals surface area contributed by atoms with Gasteiger partial charge in [0.05, 0.1) is 23.1 Å². The van der Waals surface area contributed by atoms with Gasteiger partial charge in [-0.15, -0.1) is 0 Å². The molecule has 30 heavy (non-hydrogen) atoms. The van der Waals surface area contributed by atoms with Crippen LogP contribution in [0.2, 0.25) is 5.02 Å². The maximum absolute atomic E-state index is 12.6. The van der Waals surface area contributed by atoms with Gasteiger partial charge in [0.2, 0.25) is 11.8 Å². The molecule has 1 aliphatic heterocycles. The highest BCUT2D eigenvalue weighted by Crippen LogP contribution is 2.37. The van der Waals surface area contributed by atoms with Crippen LogP contribution in [0.5, 0.6) is 0 Å². The summed E-state index contributed by atoms with van der Waals surface area (Å²) in [6.45, 7) is -0.401. The molecule has 2 aromatic carbocycles. The quantitative estimate of drug-likeness (QED) is 0.316. The Morgan fingerprint density at radius 2 is 1.40 bits per heavy atom. The number of anilines is 1. The lowest BCUT2D eigenvalue weighted by molar-refractivity contribution is -0.122. The topological polar surface area (TPSA) is 80.8 Å². The minimum absolute atomic E-state index is 0.210. The first-order chi connectivity index (χ1) is 14.5. The number of rotatable bonds is 5. The monoisotopic (exact) mass is 423 g/mol. The fraction of sp³-hybridized carbons (Fsp3) is 0.217. The molecule has 0 spiro atoms. The molecular formula is C23H18ClNO5. The zero-order valence-electron chi connectivity index (χ0n) is 15.9. The summed E-state index contributed by atoms with van der Waals surface area (Å²) in [6, 6.07) is 12.3. The van der Waals surface area contributed by atoms with E-state index in [0.717, 1.165) is 0 Å². The van der Waals surface area contributed by atoms with Gasteiger partial charge in [-0.3, -0.25) is 19.3 Å². The lowest BCUT2D eigenvalue weighted by Crippen LogP contribution is -2.30. The molecule has 152 valence electrons. The Labute approximate surface area is 178 Å². The smallest absolute Gasteiger partial charge is 0.338 e. The Balaban J connectivity index is 1.40. The van der Waals surface area contributed by atoms with Crippen molar-refractivity contribution in [1.29, 1.82) is 0 Å². The van der Waals surface area contributed by atoms with Crippen LogP contribution in [0.3, 0.4) is 0 Å². The maximum Gasteiger partial charge on any atom is 0.338 e. The molecule has 0 radical (unpaired) electrons. The number of fused-ring (bicyclic) bond motifs is 1. The van der Waals surface area contributed by atoms with Gasteiger partial charge in [0.25, 0.3) is 0 Å². The van der Waals surface area contributed by atoms with Gasteiger partial charge in [-0.25, -0.2) is 4.79 Å². The van der Waals surface area contributed by atoms with Crippen molar-refractivity contribution in [2.75, 3.05) is 11.5 Å². The molecule has 0 bridgehead atoms. The number of benzene rings is 2. The van der Waals surface area contributed by atoms with Crippen molar-refractivity contribution in [1.82, 2.24) is 0 Å². The van der Waals surface area contributed by atoms with Crippen LogP contribution in [0.25, 0.3) is 0 Å². The van der Waals surface area contributed by atoms with Gasteiger partial charge in [0.15, 0.2) is 12.4 Å². The first-order valence-corrected chi connectivity index (χ1v) is 9.92. The number of Topliss-reactive ketones (excluding diaryl/α,β-unsaturated/α-hetero) is 1. The van der Waals surface area contributed by atoms with Crippen molar-refractivity contribution in [3.8, 4) is 0 Å². The van der Waals surface area contributed by atoms with Crippen LogP contribution in [0.1, 0.15) is 33.6 Å². The number of ketones is 1. The lowest BCUT2D eigenvalue weighted by atomic mass is 9.85. The van der Waals surface area contributed by atoms with Gasteiger partial charge >= 0.3 is 5.97 Å². The summed E-state index contributed by atoms with van der Waals surface area (Å²) >= 11 is 5.79. The zero-order valence-corrected chi connectivity index (χ0v) is 16.7. The van der Waals surface area contributed by atoms with Crippen molar-refractivity contribution in [3.63, 3.8) is 0 Å². The fourth-order valence-electron chi connectivity index (χ4n) is 3.73. The third kappa shape index (κ3) is 3.78. The summed E-state index contributed by atoms with van der Waals surface area (Å²) in [7, 11) is 0. The van der Waals surface area contributed by atoms with E-state index in [1.807, 2.05) is 12.2 Å². The minimum Gasteiger partial charge on any atom is -0.454 e. The first kappa shape index (κ1) is 20.0. The van der Waals surface area contributed by atoms with Crippen LogP contribution in [-0.4, -0.2) is 30.2 Å². The Kier molecular flexibility index (Phi) is 5.50. The van der Waals surface area contributed by atoms with E-state index in [1.54, 1.807) is 24.3 Å². The van der Waals surface area contributed by atoms with Crippen molar-refractivity contribution in [2.24, 2.45) is 11.8 Å². The fourth-order valence-corrected chi connectivity index (χ4v) is 3.86. The highest BCUT2D eigenvalue weighted by molar-refractivity contribution is 6.30. The summed E-state index contributed by atoms with van der Waals surface area (Å²) in [4.78, 5) is 50.8. The van der Waals surface area contributed by atoms with E-state index in [0.29, 0.717) is 29.1 Å². The molecule has 1 aliphatic carbocycles. The third-order valence-electron chi connectivity index (χ3n) is 5.37. The summed E-state index contributed by atoms with van der Waals surface area (Å²) in [5, 5.41) is 0.508. The molecule has 1 fully saturated rings. The lowest BCUT2D eigenvalue weighted by Gasteiger charge is -2.15. The van der Waals surface area contributed by atoms with Crippen molar-refractivity contribution in [3.05, 3.63) is 76.8 Å².